The SMILES string of the molecule is CC(C)NCc1ccnn1Cc1ccc(F)c(Br)c1. The third-order valence-corrected chi connectivity index (χ3v) is 3.42. The standard InChI is InChI=1S/C14H17BrFN3/c1-10(2)17-8-12-5-6-18-19(12)9-11-3-4-14(16)13(15)7-11/h3-7,10,17H,8-9H2,1-2H3. The highest BCUT2D eigenvalue weighted by Crippen LogP contribution is 2.17. The maximum Gasteiger partial charge on any atom is 0.137 e. The molecule has 2 aromatic rings. The van der Waals surface area contributed by atoms with Crippen molar-refractivity contribution in [3.05, 3.63) is 52.0 Å². The minimum absolute atomic E-state index is 0.245. The molecule has 5 heteroatoms. The first kappa shape index (κ1) is 14.2. The molecular weight excluding hydrogens is 309 g/mol. The maximum absolute atomic E-state index is 13.2. The van der Waals surface area contributed by atoms with Crippen molar-refractivity contribution in [3.63, 3.8) is 0 Å². The van der Waals surface area contributed by atoms with E-state index in [4.69, 9.17) is 0 Å². The lowest BCUT2D eigenvalue weighted by Gasteiger charge is -2.11. The van der Waals surface area contributed by atoms with Crippen molar-refractivity contribution >= 4 is 15.9 Å². The number of hydrogen-bond donors (Lipinski definition) is 1. The topological polar surface area (TPSA) is 29.9 Å². The van der Waals surface area contributed by atoms with Gasteiger partial charge in [-0.05, 0) is 39.7 Å². The van der Waals surface area contributed by atoms with Crippen LogP contribution in [0, 0.1) is 5.82 Å². The van der Waals surface area contributed by atoms with Gasteiger partial charge in [-0.2, -0.15) is 5.10 Å². The van der Waals surface area contributed by atoms with E-state index in [-0.39, 0.29) is 5.82 Å². The Morgan fingerprint density at radius 1 is 1.37 bits per heavy atom. The lowest BCUT2D eigenvalue weighted by molar-refractivity contribution is 0.546. The largest absolute Gasteiger partial charge is 0.309 e. The molecule has 0 unspecified atom stereocenters. The molecule has 0 saturated carbocycles. The Morgan fingerprint density at radius 3 is 2.84 bits per heavy atom. The number of benzene rings is 1. The monoisotopic (exact) mass is 325 g/mol. The third-order valence-electron chi connectivity index (χ3n) is 2.81. The Hall–Kier alpha value is -1.20. The molecule has 102 valence electrons. The summed E-state index contributed by atoms with van der Waals surface area (Å²) in [5.41, 5.74) is 2.14. The van der Waals surface area contributed by atoms with Gasteiger partial charge in [-0.1, -0.05) is 19.9 Å². The molecule has 0 saturated heterocycles. The third kappa shape index (κ3) is 3.88. The zero-order valence-electron chi connectivity index (χ0n) is 11.0. The second kappa shape index (κ2) is 6.30. The zero-order chi connectivity index (χ0) is 13.8. The van der Waals surface area contributed by atoms with Crippen LogP contribution >= 0.6 is 15.9 Å². The minimum Gasteiger partial charge on any atom is -0.309 e. The molecule has 1 aromatic carbocycles. The number of halogens is 2. The summed E-state index contributed by atoms with van der Waals surface area (Å²) >= 11 is 3.20. The fourth-order valence-electron chi connectivity index (χ4n) is 1.77. The molecule has 0 aliphatic carbocycles. The maximum atomic E-state index is 13.2. The fourth-order valence-corrected chi connectivity index (χ4v) is 2.20. The van der Waals surface area contributed by atoms with Gasteiger partial charge in [-0.25, -0.2) is 4.39 Å². The second-order valence-electron chi connectivity index (χ2n) is 4.76. The van der Waals surface area contributed by atoms with Crippen molar-refractivity contribution in [3.8, 4) is 0 Å². The Bertz CT molecular complexity index is 551. The molecule has 0 bridgehead atoms. The summed E-state index contributed by atoms with van der Waals surface area (Å²) in [4.78, 5) is 0. The first-order valence-corrected chi connectivity index (χ1v) is 7.03. The Balaban J connectivity index is 2.10. The number of nitrogens with one attached hydrogen (secondary N) is 1. The molecule has 19 heavy (non-hydrogen) atoms. The van der Waals surface area contributed by atoms with Crippen LogP contribution in [0.3, 0.4) is 0 Å². The van der Waals surface area contributed by atoms with E-state index in [1.807, 2.05) is 10.7 Å². The zero-order valence-corrected chi connectivity index (χ0v) is 12.6. The van der Waals surface area contributed by atoms with Crippen LogP contribution in [0.1, 0.15) is 25.1 Å². The van der Waals surface area contributed by atoms with Crippen molar-refractivity contribution < 1.29 is 4.39 Å². The van der Waals surface area contributed by atoms with Crippen LogP contribution in [0.2, 0.25) is 0 Å². The summed E-state index contributed by atoms with van der Waals surface area (Å²) in [7, 11) is 0. The number of nitrogens with zero attached hydrogens (tertiary/aromatic N) is 2. The number of aromatic nitrogens is 2. The van der Waals surface area contributed by atoms with Crippen LogP contribution in [0.25, 0.3) is 0 Å². The second-order valence-corrected chi connectivity index (χ2v) is 5.62. The molecule has 0 aliphatic rings. The first-order chi connectivity index (χ1) is 9.06. The minimum atomic E-state index is -0.245. The van der Waals surface area contributed by atoms with Gasteiger partial charge in [0.05, 0.1) is 16.7 Å². The Kier molecular flexibility index (Phi) is 4.71. The molecule has 1 heterocycles. The van der Waals surface area contributed by atoms with E-state index in [1.54, 1.807) is 18.3 Å². The first-order valence-electron chi connectivity index (χ1n) is 6.24. The van der Waals surface area contributed by atoms with Crippen LogP contribution < -0.4 is 5.32 Å². The van der Waals surface area contributed by atoms with Gasteiger partial charge in [0.15, 0.2) is 0 Å². The van der Waals surface area contributed by atoms with Crippen molar-refractivity contribution in [2.45, 2.75) is 33.0 Å². The smallest absolute Gasteiger partial charge is 0.137 e. The Morgan fingerprint density at radius 2 is 2.16 bits per heavy atom. The quantitative estimate of drug-likeness (QED) is 0.913. The average molecular weight is 326 g/mol. The van der Waals surface area contributed by atoms with Gasteiger partial charge < -0.3 is 5.32 Å². The van der Waals surface area contributed by atoms with E-state index in [0.29, 0.717) is 17.1 Å². The summed E-state index contributed by atoms with van der Waals surface area (Å²) in [6, 6.07) is 7.46. The van der Waals surface area contributed by atoms with Gasteiger partial charge in [0.25, 0.3) is 0 Å². The highest BCUT2D eigenvalue weighted by atomic mass is 79.9. The molecule has 0 spiro atoms. The molecule has 0 fully saturated rings. The normalized spacial score (nSPS) is 11.2. The lowest BCUT2D eigenvalue weighted by Crippen LogP contribution is -2.23. The van der Waals surface area contributed by atoms with Crippen molar-refractivity contribution in [2.75, 3.05) is 0 Å². The fraction of sp³-hybridized carbons (Fsp3) is 0.357. The highest BCUT2D eigenvalue weighted by molar-refractivity contribution is 9.10. The average Bonchev–Trinajstić information content (AvgIpc) is 2.79. The summed E-state index contributed by atoms with van der Waals surface area (Å²) < 4.78 is 15.6. The van der Waals surface area contributed by atoms with Crippen molar-refractivity contribution in [2.24, 2.45) is 0 Å². The van der Waals surface area contributed by atoms with Gasteiger partial charge in [-0.3, -0.25) is 4.68 Å². The van der Waals surface area contributed by atoms with E-state index in [2.05, 4.69) is 40.2 Å². The van der Waals surface area contributed by atoms with Gasteiger partial charge in [0.2, 0.25) is 0 Å². The van der Waals surface area contributed by atoms with Crippen LogP contribution in [0.5, 0.6) is 0 Å². The van der Waals surface area contributed by atoms with E-state index < -0.39 is 0 Å². The summed E-state index contributed by atoms with van der Waals surface area (Å²) in [5, 5.41) is 7.67. The molecule has 0 atom stereocenters. The molecule has 1 aromatic heterocycles. The molecule has 0 radical (unpaired) electrons. The van der Waals surface area contributed by atoms with Crippen LogP contribution in [-0.2, 0) is 13.1 Å². The van der Waals surface area contributed by atoms with E-state index in [1.165, 1.54) is 6.07 Å². The number of hydrogen-bond acceptors (Lipinski definition) is 2. The van der Waals surface area contributed by atoms with Crippen molar-refractivity contribution in [1.29, 1.82) is 0 Å². The molecule has 0 aliphatic heterocycles. The summed E-state index contributed by atoms with van der Waals surface area (Å²) in [5.74, 6) is -0.245. The summed E-state index contributed by atoms with van der Waals surface area (Å²) in [6.45, 7) is 5.64. The molecule has 1 N–H and O–H groups in total. The molecule has 0 amide bonds. The predicted molar refractivity (Wildman–Crippen MR) is 77.4 cm³/mol. The van der Waals surface area contributed by atoms with Crippen molar-refractivity contribution in [1.82, 2.24) is 15.1 Å². The molecule has 2 rings (SSSR count). The molecular formula is C14H17BrFN3. The lowest BCUT2D eigenvalue weighted by atomic mass is 10.2. The number of rotatable bonds is 5. The van der Waals surface area contributed by atoms with Gasteiger partial charge in [0, 0.05) is 18.8 Å². The molecule has 3 nitrogen and oxygen atoms in total. The predicted octanol–water partition coefficient (Wildman–Crippen LogP) is 3.33. The van der Waals surface area contributed by atoms with Crippen LogP contribution in [-0.4, -0.2) is 15.8 Å². The van der Waals surface area contributed by atoms with Gasteiger partial charge in [0.1, 0.15) is 5.82 Å². The van der Waals surface area contributed by atoms with Crippen LogP contribution in [0.4, 0.5) is 4.39 Å². The van der Waals surface area contributed by atoms with Crippen LogP contribution in [0.15, 0.2) is 34.9 Å². The van der Waals surface area contributed by atoms with E-state index in [9.17, 15) is 4.39 Å². The van der Waals surface area contributed by atoms with E-state index >= 15 is 0 Å². The summed E-state index contributed by atoms with van der Waals surface area (Å²) in [6.07, 6.45) is 1.79. The Labute approximate surface area is 121 Å². The highest BCUT2D eigenvalue weighted by Gasteiger charge is 2.06. The van der Waals surface area contributed by atoms with E-state index in [0.717, 1.165) is 17.8 Å². The van der Waals surface area contributed by atoms with Gasteiger partial charge >= 0.3 is 0 Å². The van der Waals surface area contributed by atoms with Gasteiger partial charge in [-0.15, -0.1) is 0 Å².